The Morgan fingerprint density at radius 1 is 1.00 bits per heavy atom. The molecule has 0 radical (unpaired) electrons. The van der Waals surface area contributed by atoms with Crippen LogP contribution in [0, 0.1) is 11.8 Å². The van der Waals surface area contributed by atoms with E-state index in [-0.39, 0.29) is 24.8 Å². The van der Waals surface area contributed by atoms with Crippen molar-refractivity contribution in [3.63, 3.8) is 0 Å². The van der Waals surface area contributed by atoms with E-state index in [1.807, 2.05) is 36.4 Å². The predicted octanol–water partition coefficient (Wildman–Crippen LogP) is 5.38. The number of hydrogen-bond donors (Lipinski definition) is 1. The molecule has 0 fully saturated rings. The van der Waals surface area contributed by atoms with Gasteiger partial charge in [0.25, 0.3) is 0 Å². The van der Waals surface area contributed by atoms with Crippen molar-refractivity contribution in [1.82, 2.24) is 10.3 Å². The first kappa shape index (κ1) is 21.4. The van der Waals surface area contributed by atoms with Gasteiger partial charge in [0.1, 0.15) is 12.3 Å². The second-order valence-electron chi connectivity index (χ2n) is 7.23. The predicted molar refractivity (Wildman–Crippen MR) is 114 cm³/mol. The van der Waals surface area contributed by atoms with Gasteiger partial charge in [-0.2, -0.15) is 13.2 Å². The van der Waals surface area contributed by atoms with Crippen molar-refractivity contribution in [3.05, 3.63) is 89.2 Å². The zero-order chi connectivity index (χ0) is 22.6. The summed E-state index contributed by atoms with van der Waals surface area (Å²) in [5.41, 5.74) is 4.00. The van der Waals surface area contributed by atoms with Gasteiger partial charge in [0.2, 0.25) is 0 Å². The van der Waals surface area contributed by atoms with Crippen LogP contribution in [0.4, 0.5) is 18.0 Å². The van der Waals surface area contributed by atoms with Crippen LogP contribution in [0.2, 0.25) is 0 Å². The second kappa shape index (κ2) is 9.15. The van der Waals surface area contributed by atoms with Gasteiger partial charge < -0.3 is 10.1 Å². The molecule has 0 saturated carbocycles. The topological polar surface area (TPSA) is 51.2 Å². The van der Waals surface area contributed by atoms with Crippen LogP contribution in [-0.2, 0) is 10.9 Å². The number of amides is 1. The highest BCUT2D eigenvalue weighted by atomic mass is 19.4. The number of alkyl halides is 3. The van der Waals surface area contributed by atoms with Crippen molar-refractivity contribution in [2.45, 2.75) is 18.5 Å². The Hall–Kier alpha value is -3.79. The van der Waals surface area contributed by atoms with E-state index in [1.165, 1.54) is 6.07 Å². The summed E-state index contributed by atoms with van der Waals surface area (Å²) in [6, 6.07) is 18.3. The van der Waals surface area contributed by atoms with E-state index in [4.69, 9.17) is 4.74 Å². The number of aromatic nitrogens is 1. The van der Waals surface area contributed by atoms with Crippen LogP contribution in [0.1, 0.15) is 34.7 Å². The normalized spacial score (nSPS) is 12.3. The summed E-state index contributed by atoms with van der Waals surface area (Å²) in [6.45, 7) is 0.478. The minimum Gasteiger partial charge on any atom is -0.449 e. The van der Waals surface area contributed by atoms with Gasteiger partial charge in [-0.15, -0.1) is 0 Å². The molecule has 1 amide bonds. The average molecular weight is 436 g/mol. The van der Waals surface area contributed by atoms with Gasteiger partial charge in [-0.3, -0.25) is 0 Å². The highest BCUT2D eigenvalue weighted by Crippen LogP contribution is 2.44. The molecule has 1 aromatic heterocycles. The SMILES string of the molecule is O=C(NCCC#Cc1ccc(C(F)(F)F)cn1)OCC1c2ccccc2-c2ccccc21. The first-order valence-corrected chi connectivity index (χ1v) is 10.0. The third kappa shape index (κ3) is 4.75. The number of carbonyl (C=O) groups excluding carboxylic acids is 1. The van der Waals surface area contributed by atoms with E-state index < -0.39 is 17.8 Å². The smallest absolute Gasteiger partial charge is 0.417 e. The summed E-state index contributed by atoms with van der Waals surface area (Å²) >= 11 is 0. The first-order valence-electron chi connectivity index (χ1n) is 10.0. The Morgan fingerprint density at radius 3 is 2.25 bits per heavy atom. The summed E-state index contributed by atoms with van der Waals surface area (Å²) in [5, 5.41) is 2.64. The van der Waals surface area contributed by atoms with Crippen molar-refractivity contribution in [3.8, 4) is 23.0 Å². The van der Waals surface area contributed by atoms with Crippen molar-refractivity contribution >= 4 is 6.09 Å². The number of alkyl carbamates (subject to hydrolysis) is 1. The number of nitrogens with zero attached hydrogens (tertiary/aromatic N) is 1. The van der Waals surface area contributed by atoms with Crippen molar-refractivity contribution in [2.75, 3.05) is 13.2 Å². The minimum atomic E-state index is -4.42. The van der Waals surface area contributed by atoms with Gasteiger partial charge >= 0.3 is 12.3 Å². The number of rotatable bonds is 4. The molecule has 0 atom stereocenters. The lowest BCUT2D eigenvalue weighted by Gasteiger charge is -2.14. The van der Waals surface area contributed by atoms with Crippen molar-refractivity contribution in [1.29, 1.82) is 0 Å². The fraction of sp³-hybridized carbons (Fsp3) is 0.200. The second-order valence-corrected chi connectivity index (χ2v) is 7.23. The lowest BCUT2D eigenvalue weighted by molar-refractivity contribution is -0.137. The van der Waals surface area contributed by atoms with E-state index >= 15 is 0 Å². The van der Waals surface area contributed by atoms with Crippen LogP contribution in [0.5, 0.6) is 0 Å². The van der Waals surface area contributed by atoms with Gasteiger partial charge in [0, 0.05) is 25.1 Å². The molecule has 4 nitrogen and oxygen atoms in total. The standard InChI is InChI=1S/C25H19F3N2O2/c26-25(27,28)17-12-13-18(30-15-17)7-5-6-14-29-24(31)32-16-23-21-10-3-1-8-19(21)20-9-2-4-11-22(20)23/h1-4,8-13,15,23H,6,14,16H2,(H,29,31). The highest BCUT2D eigenvalue weighted by Gasteiger charge is 2.30. The van der Waals surface area contributed by atoms with Gasteiger partial charge in [-0.1, -0.05) is 54.5 Å². The monoisotopic (exact) mass is 436 g/mol. The molecule has 4 rings (SSSR count). The summed E-state index contributed by atoms with van der Waals surface area (Å²) in [5.74, 6) is 5.43. The van der Waals surface area contributed by atoms with Crippen LogP contribution in [0.3, 0.4) is 0 Å². The third-order valence-corrected chi connectivity index (χ3v) is 5.17. The number of nitrogens with one attached hydrogen (secondary N) is 1. The Balaban J connectivity index is 1.26. The average Bonchev–Trinajstić information content (AvgIpc) is 3.11. The molecule has 0 saturated heterocycles. The lowest BCUT2D eigenvalue weighted by atomic mass is 9.98. The highest BCUT2D eigenvalue weighted by molar-refractivity contribution is 5.79. The van der Waals surface area contributed by atoms with Crippen molar-refractivity contribution in [2.24, 2.45) is 0 Å². The van der Waals surface area contributed by atoms with Gasteiger partial charge in [0.05, 0.1) is 5.56 Å². The molecule has 1 aliphatic rings. The minimum absolute atomic E-state index is 0.0151. The van der Waals surface area contributed by atoms with Crippen molar-refractivity contribution < 1.29 is 22.7 Å². The number of benzene rings is 2. The quantitative estimate of drug-likeness (QED) is 0.441. The molecule has 1 N–H and O–H groups in total. The van der Waals surface area contributed by atoms with Crippen LogP contribution < -0.4 is 5.32 Å². The summed E-state index contributed by atoms with van der Waals surface area (Å²) in [4.78, 5) is 15.8. The Morgan fingerprint density at radius 2 is 1.66 bits per heavy atom. The maximum absolute atomic E-state index is 12.5. The molecule has 0 unspecified atom stereocenters. The summed E-state index contributed by atoms with van der Waals surface area (Å²) in [7, 11) is 0. The van der Waals surface area contributed by atoms with Gasteiger partial charge in [-0.05, 0) is 40.3 Å². The number of fused-ring (bicyclic) bond motifs is 3. The molecular weight excluding hydrogens is 417 g/mol. The van der Waals surface area contributed by atoms with E-state index in [0.29, 0.717) is 6.42 Å². The van der Waals surface area contributed by atoms with Gasteiger partial charge in [0.15, 0.2) is 0 Å². The number of carbonyl (C=O) groups is 1. The number of hydrogen-bond acceptors (Lipinski definition) is 3. The Bertz CT molecular complexity index is 1130. The Labute approximate surface area is 183 Å². The fourth-order valence-corrected chi connectivity index (χ4v) is 3.67. The molecule has 32 heavy (non-hydrogen) atoms. The zero-order valence-electron chi connectivity index (χ0n) is 16.9. The maximum Gasteiger partial charge on any atom is 0.417 e. The molecule has 1 heterocycles. The fourth-order valence-electron chi connectivity index (χ4n) is 3.67. The molecular formula is C25H19F3N2O2. The molecule has 3 aromatic rings. The molecule has 7 heteroatoms. The molecule has 2 aromatic carbocycles. The maximum atomic E-state index is 12.5. The lowest BCUT2D eigenvalue weighted by Crippen LogP contribution is -2.26. The molecule has 0 aliphatic heterocycles. The van der Waals surface area contributed by atoms with E-state index in [0.717, 1.165) is 34.5 Å². The largest absolute Gasteiger partial charge is 0.449 e. The van der Waals surface area contributed by atoms with E-state index in [2.05, 4.69) is 34.3 Å². The summed E-state index contributed by atoms with van der Waals surface area (Å²) < 4.78 is 43.0. The number of ether oxygens (including phenoxy) is 1. The number of halogens is 3. The molecule has 1 aliphatic carbocycles. The molecule has 0 spiro atoms. The van der Waals surface area contributed by atoms with E-state index in [1.54, 1.807) is 0 Å². The third-order valence-electron chi connectivity index (χ3n) is 5.17. The first-order chi connectivity index (χ1) is 15.4. The van der Waals surface area contributed by atoms with Crippen LogP contribution in [0.15, 0.2) is 66.9 Å². The van der Waals surface area contributed by atoms with Gasteiger partial charge in [-0.25, -0.2) is 9.78 Å². The van der Waals surface area contributed by atoms with Crippen LogP contribution in [0.25, 0.3) is 11.1 Å². The van der Waals surface area contributed by atoms with Crippen LogP contribution >= 0.6 is 0 Å². The summed E-state index contributed by atoms with van der Waals surface area (Å²) in [6.07, 6.45) is -3.90. The van der Waals surface area contributed by atoms with Crippen LogP contribution in [-0.4, -0.2) is 24.2 Å². The Kier molecular flexibility index (Phi) is 6.13. The zero-order valence-corrected chi connectivity index (χ0v) is 16.9. The number of pyridine rings is 1. The molecule has 162 valence electrons. The molecule has 0 bridgehead atoms. The van der Waals surface area contributed by atoms with E-state index in [9.17, 15) is 18.0 Å².